The van der Waals surface area contributed by atoms with Crippen LogP contribution in [0.15, 0.2) is 28.4 Å². The van der Waals surface area contributed by atoms with Crippen molar-refractivity contribution >= 4 is 11.3 Å². The first kappa shape index (κ1) is 12.8. The molecule has 1 saturated heterocycles. The largest absolute Gasteiger partial charge is 0.472 e. The molecule has 5 heteroatoms. The second kappa shape index (κ2) is 5.86. The van der Waals surface area contributed by atoms with Gasteiger partial charge in [-0.25, -0.2) is 4.98 Å². The fourth-order valence-corrected chi connectivity index (χ4v) is 3.61. The van der Waals surface area contributed by atoms with Crippen molar-refractivity contribution in [2.45, 2.75) is 19.4 Å². The van der Waals surface area contributed by atoms with Gasteiger partial charge in [0.1, 0.15) is 5.01 Å². The molecule has 2 aromatic rings. The second-order valence-electron chi connectivity index (χ2n) is 4.79. The number of thiazole rings is 1. The van der Waals surface area contributed by atoms with Gasteiger partial charge in [0.2, 0.25) is 0 Å². The van der Waals surface area contributed by atoms with E-state index >= 15 is 0 Å². The van der Waals surface area contributed by atoms with Crippen LogP contribution in [0.1, 0.15) is 24.4 Å². The van der Waals surface area contributed by atoms with Gasteiger partial charge in [0.05, 0.1) is 24.3 Å². The van der Waals surface area contributed by atoms with Crippen LogP contribution in [-0.2, 0) is 0 Å². The molecule has 1 N–H and O–H groups in total. The standard InChI is InChI=1S/C14H19N3OS/c1-2-13(17-6-4-15-5-7-17)14-16-12(10-19-14)11-3-8-18-9-11/h3,8-10,13,15H,2,4-7H2,1H3. The van der Waals surface area contributed by atoms with Crippen molar-refractivity contribution in [1.82, 2.24) is 15.2 Å². The summed E-state index contributed by atoms with van der Waals surface area (Å²) in [5, 5.41) is 6.75. The third kappa shape index (κ3) is 2.73. The van der Waals surface area contributed by atoms with E-state index in [-0.39, 0.29) is 0 Å². The van der Waals surface area contributed by atoms with Crippen molar-refractivity contribution in [3.8, 4) is 11.3 Å². The zero-order valence-corrected chi connectivity index (χ0v) is 11.9. The number of rotatable bonds is 4. The third-order valence-electron chi connectivity index (χ3n) is 3.60. The molecule has 0 spiro atoms. The Morgan fingerprint density at radius 1 is 1.47 bits per heavy atom. The van der Waals surface area contributed by atoms with Gasteiger partial charge in [-0.3, -0.25) is 4.90 Å². The Morgan fingerprint density at radius 3 is 3.00 bits per heavy atom. The topological polar surface area (TPSA) is 41.3 Å². The van der Waals surface area contributed by atoms with Crippen LogP contribution in [0.3, 0.4) is 0 Å². The lowest BCUT2D eigenvalue weighted by Gasteiger charge is -2.33. The number of hydrogen-bond donors (Lipinski definition) is 1. The molecule has 1 aliphatic heterocycles. The lowest BCUT2D eigenvalue weighted by molar-refractivity contribution is 0.169. The predicted molar refractivity (Wildman–Crippen MR) is 77.3 cm³/mol. The molecule has 0 bridgehead atoms. The molecule has 4 nitrogen and oxygen atoms in total. The highest BCUT2D eigenvalue weighted by atomic mass is 32.1. The second-order valence-corrected chi connectivity index (χ2v) is 5.68. The molecule has 1 aliphatic rings. The first-order valence-electron chi connectivity index (χ1n) is 6.81. The van der Waals surface area contributed by atoms with E-state index in [1.807, 2.05) is 6.07 Å². The molecule has 0 aromatic carbocycles. The number of furan rings is 1. The van der Waals surface area contributed by atoms with Crippen molar-refractivity contribution in [3.05, 3.63) is 29.0 Å². The lowest BCUT2D eigenvalue weighted by atomic mass is 10.1. The minimum Gasteiger partial charge on any atom is -0.472 e. The Balaban J connectivity index is 1.79. The van der Waals surface area contributed by atoms with E-state index in [2.05, 4.69) is 22.5 Å². The van der Waals surface area contributed by atoms with E-state index in [1.165, 1.54) is 5.01 Å². The SMILES string of the molecule is CCC(c1nc(-c2ccoc2)cs1)N1CCNCC1. The molecule has 2 aromatic heterocycles. The lowest BCUT2D eigenvalue weighted by Crippen LogP contribution is -2.45. The quantitative estimate of drug-likeness (QED) is 0.933. The van der Waals surface area contributed by atoms with E-state index in [0.717, 1.165) is 43.9 Å². The number of hydrogen-bond acceptors (Lipinski definition) is 5. The molecule has 3 heterocycles. The number of aromatic nitrogens is 1. The van der Waals surface area contributed by atoms with Crippen LogP contribution in [0.4, 0.5) is 0 Å². The Hall–Kier alpha value is -1.17. The minimum absolute atomic E-state index is 0.452. The summed E-state index contributed by atoms with van der Waals surface area (Å²) in [4.78, 5) is 7.33. The molecule has 3 rings (SSSR count). The summed E-state index contributed by atoms with van der Waals surface area (Å²) in [5.74, 6) is 0. The van der Waals surface area contributed by atoms with Crippen LogP contribution in [-0.4, -0.2) is 36.1 Å². The average molecular weight is 277 g/mol. The van der Waals surface area contributed by atoms with Crippen LogP contribution >= 0.6 is 11.3 Å². The fraction of sp³-hybridized carbons (Fsp3) is 0.500. The molecule has 19 heavy (non-hydrogen) atoms. The monoisotopic (exact) mass is 277 g/mol. The fourth-order valence-electron chi connectivity index (χ4n) is 2.57. The van der Waals surface area contributed by atoms with Gasteiger partial charge in [0.25, 0.3) is 0 Å². The molecular formula is C14H19N3OS. The normalized spacial score (nSPS) is 18.6. The molecule has 0 aliphatic carbocycles. The van der Waals surface area contributed by atoms with E-state index in [1.54, 1.807) is 23.9 Å². The first-order valence-corrected chi connectivity index (χ1v) is 7.69. The minimum atomic E-state index is 0.452. The first-order chi connectivity index (χ1) is 9.38. The van der Waals surface area contributed by atoms with Gasteiger partial charge in [-0.2, -0.15) is 0 Å². The maximum Gasteiger partial charge on any atom is 0.110 e. The molecule has 102 valence electrons. The molecule has 1 atom stereocenters. The summed E-state index contributed by atoms with van der Waals surface area (Å²) < 4.78 is 5.13. The third-order valence-corrected chi connectivity index (χ3v) is 4.55. The van der Waals surface area contributed by atoms with Crippen molar-refractivity contribution in [2.24, 2.45) is 0 Å². The zero-order chi connectivity index (χ0) is 13.1. The smallest absolute Gasteiger partial charge is 0.110 e. The van der Waals surface area contributed by atoms with Gasteiger partial charge in [0.15, 0.2) is 0 Å². The summed E-state index contributed by atoms with van der Waals surface area (Å²) in [5.41, 5.74) is 2.10. The van der Waals surface area contributed by atoms with Gasteiger partial charge in [-0.1, -0.05) is 6.92 Å². The molecule has 1 fully saturated rings. The van der Waals surface area contributed by atoms with Crippen LogP contribution in [0.2, 0.25) is 0 Å². The Morgan fingerprint density at radius 2 is 2.32 bits per heavy atom. The van der Waals surface area contributed by atoms with E-state index in [0.29, 0.717) is 6.04 Å². The number of nitrogens with one attached hydrogen (secondary N) is 1. The molecule has 0 saturated carbocycles. The summed E-state index contributed by atoms with van der Waals surface area (Å²) in [6.45, 7) is 6.62. The van der Waals surface area contributed by atoms with E-state index < -0.39 is 0 Å². The summed E-state index contributed by atoms with van der Waals surface area (Å²) >= 11 is 1.76. The van der Waals surface area contributed by atoms with Crippen LogP contribution in [0.5, 0.6) is 0 Å². The maximum atomic E-state index is 5.13. The van der Waals surface area contributed by atoms with Crippen LogP contribution in [0, 0.1) is 0 Å². The highest BCUT2D eigenvalue weighted by molar-refractivity contribution is 7.10. The highest BCUT2D eigenvalue weighted by Gasteiger charge is 2.23. The summed E-state index contributed by atoms with van der Waals surface area (Å²) in [6, 6.07) is 2.41. The van der Waals surface area contributed by atoms with Crippen LogP contribution in [0.25, 0.3) is 11.3 Å². The Labute approximate surface area is 117 Å². The van der Waals surface area contributed by atoms with Gasteiger partial charge >= 0.3 is 0 Å². The van der Waals surface area contributed by atoms with Gasteiger partial charge in [-0.15, -0.1) is 11.3 Å². The molecule has 0 amide bonds. The van der Waals surface area contributed by atoms with Gasteiger partial charge in [-0.05, 0) is 12.5 Å². The average Bonchev–Trinajstić information content (AvgIpc) is 3.11. The van der Waals surface area contributed by atoms with Gasteiger partial charge < -0.3 is 9.73 Å². The Kier molecular flexibility index (Phi) is 3.96. The van der Waals surface area contributed by atoms with Gasteiger partial charge in [0, 0.05) is 37.1 Å². The zero-order valence-electron chi connectivity index (χ0n) is 11.1. The molecule has 1 unspecified atom stereocenters. The van der Waals surface area contributed by atoms with E-state index in [4.69, 9.17) is 9.40 Å². The summed E-state index contributed by atoms with van der Waals surface area (Å²) in [7, 11) is 0. The number of piperazine rings is 1. The maximum absolute atomic E-state index is 5.13. The number of nitrogens with zero attached hydrogens (tertiary/aromatic N) is 2. The van der Waals surface area contributed by atoms with Crippen molar-refractivity contribution in [2.75, 3.05) is 26.2 Å². The summed E-state index contributed by atoms with van der Waals surface area (Å²) in [6.07, 6.45) is 4.56. The van der Waals surface area contributed by atoms with Crippen LogP contribution < -0.4 is 5.32 Å². The van der Waals surface area contributed by atoms with E-state index in [9.17, 15) is 0 Å². The Bertz CT molecular complexity index is 503. The molecule has 0 radical (unpaired) electrons. The molecular weight excluding hydrogens is 258 g/mol. The highest BCUT2D eigenvalue weighted by Crippen LogP contribution is 2.30. The van der Waals surface area contributed by atoms with Crippen molar-refractivity contribution < 1.29 is 4.42 Å². The predicted octanol–water partition coefficient (Wildman–Crippen LogP) is 2.76. The van der Waals surface area contributed by atoms with Crippen molar-refractivity contribution in [1.29, 1.82) is 0 Å². The van der Waals surface area contributed by atoms with Crippen molar-refractivity contribution in [3.63, 3.8) is 0 Å².